The van der Waals surface area contributed by atoms with Gasteiger partial charge in [-0.2, -0.15) is 18.3 Å². The van der Waals surface area contributed by atoms with Gasteiger partial charge in [0.05, 0.1) is 5.69 Å². The zero-order chi connectivity index (χ0) is 14.2. The van der Waals surface area contributed by atoms with Crippen LogP contribution in [-0.2, 0) is 12.7 Å². The van der Waals surface area contributed by atoms with Crippen LogP contribution in [0.2, 0.25) is 0 Å². The van der Waals surface area contributed by atoms with Gasteiger partial charge in [-0.1, -0.05) is 6.07 Å². The van der Waals surface area contributed by atoms with Crippen molar-refractivity contribution in [2.75, 3.05) is 0 Å². The maximum atomic E-state index is 13.6. The number of aryl methyl sites for hydroxylation is 1. The van der Waals surface area contributed by atoms with E-state index in [1.165, 1.54) is 19.1 Å². The normalized spacial score (nSPS) is 11.9. The van der Waals surface area contributed by atoms with Crippen LogP contribution in [-0.4, -0.2) is 9.78 Å². The Balaban J connectivity index is 2.48. The molecule has 0 fully saturated rings. The molecule has 0 radical (unpaired) electrons. The fourth-order valence-electron chi connectivity index (χ4n) is 1.71. The molecule has 0 saturated carbocycles. The van der Waals surface area contributed by atoms with Gasteiger partial charge in [0.2, 0.25) is 0 Å². The predicted octanol–water partition coefficient (Wildman–Crippen LogP) is 2.80. The van der Waals surface area contributed by atoms with Gasteiger partial charge in [-0.25, -0.2) is 9.07 Å². The van der Waals surface area contributed by atoms with Gasteiger partial charge < -0.3 is 5.73 Å². The van der Waals surface area contributed by atoms with Gasteiger partial charge in [0, 0.05) is 17.8 Å². The molecule has 0 bridgehead atoms. The van der Waals surface area contributed by atoms with E-state index in [2.05, 4.69) is 5.10 Å². The molecule has 7 heteroatoms. The van der Waals surface area contributed by atoms with Gasteiger partial charge in [-0.05, 0) is 25.1 Å². The molecule has 3 nitrogen and oxygen atoms in total. The molecule has 2 N–H and O–H groups in total. The summed E-state index contributed by atoms with van der Waals surface area (Å²) in [5.74, 6) is -0.566. The molecule has 1 aromatic carbocycles. The van der Waals surface area contributed by atoms with Crippen molar-refractivity contribution in [2.45, 2.75) is 19.6 Å². The molecule has 2 rings (SSSR count). The first-order valence-corrected chi connectivity index (χ1v) is 5.45. The van der Waals surface area contributed by atoms with E-state index >= 15 is 0 Å². The first-order chi connectivity index (χ1) is 8.82. The molecule has 19 heavy (non-hydrogen) atoms. The predicted molar refractivity (Wildman–Crippen MR) is 61.2 cm³/mol. The van der Waals surface area contributed by atoms with Crippen molar-refractivity contribution in [3.05, 3.63) is 47.0 Å². The first-order valence-electron chi connectivity index (χ1n) is 5.45. The van der Waals surface area contributed by atoms with E-state index in [-0.39, 0.29) is 17.9 Å². The van der Waals surface area contributed by atoms with Gasteiger partial charge in [-0.15, -0.1) is 0 Å². The maximum Gasteiger partial charge on any atom is 0.435 e. The zero-order valence-electron chi connectivity index (χ0n) is 10.0. The summed E-state index contributed by atoms with van der Waals surface area (Å²) < 4.78 is 52.2. The van der Waals surface area contributed by atoms with Gasteiger partial charge in [-0.3, -0.25) is 0 Å². The van der Waals surface area contributed by atoms with Crippen LogP contribution in [0.3, 0.4) is 0 Å². The second-order valence-electron chi connectivity index (χ2n) is 4.06. The summed E-state index contributed by atoms with van der Waals surface area (Å²) in [4.78, 5) is 0. The minimum Gasteiger partial charge on any atom is -0.326 e. The number of alkyl halides is 3. The molecular weight excluding hydrogens is 262 g/mol. The molecule has 0 aliphatic rings. The number of hydrogen-bond donors (Lipinski definition) is 1. The fraction of sp³-hybridized carbons (Fsp3) is 0.250. The third-order valence-corrected chi connectivity index (χ3v) is 2.68. The van der Waals surface area contributed by atoms with Gasteiger partial charge in [0.1, 0.15) is 5.82 Å². The molecule has 0 aliphatic carbocycles. The molecule has 1 aromatic heterocycles. The molecule has 1 heterocycles. The van der Waals surface area contributed by atoms with E-state index < -0.39 is 17.7 Å². The van der Waals surface area contributed by atoms with Gasteiger partial charge in [0.15, 0.2) is 5.69 Å². The van der Waals surface area contributed by atoms with Crippen LogP contribution in [0, 0.1) is 12.7 Å². The lowest BCUT2D eigenvalue weighted by atomic mass is 10.2. The minimum atomic E-state index is -4.52. The van der Waals surface area contributed by atoms with Crippen LogP contribution in [0.4, 0.5) is 17.6 Å². The summed E-state index contributed by atoms with van der Waals surface area (Å²) in [6.45, 7) is 1.50. The summed E-state index contributed by atoms with van der Waals surface area (Å²) in [5.41, 5.74) is 5.10. The second-order valence-corrected chi connectivity index (χ2v) is 4.06. The average molecular weight is 273 g/mol. The number of benzene rings is 1. The Hall–Kier alpha value is -1.89. The number of nitrogens with zero attached hydrogens (tertiary/aromatic N) is 2. The van der Waals surface area contributed by atoms with E-state index in [4.69, 9.17) is 5.73 Å². The molecule has 0 atom stereocenters. The second kappa shape index (κ2) is 4.65. The van der Waals surface area contributed by atoms with Crippen LogP contribution in [0.1, 0.15) is 17.0 Å². The van der Waals surface area contributed by atoms with Crippen molar-refractivity contribution in [1.82, 2.24) is 9.78 Å². The van der Waals surface area contributed by atoms with Crippen LogP contribution in [0.5, 0.6) is 0 Å². The number of hydrogen-bond acceptors (Lipinski definition) is 2. The van der Waals surface area contributed by atoms with Crippen LogP contribution >= 0.6 is 0 Å². The Morgan fingerprint density at radius 3 is 2.42 bits per heavy atom. The smallest absolute Gasteiger partial charge is 0.326 e. The van der Waals surface area contributed by atoms with Crippen molar-refractivity contribution >= 4 is 0 Å². The van der Waals surface area contributed by atoms with E-state index in [1.54, 1.807) is 0 Å². The number of nitrogens with two attached hydrogens (primary N) is 1. The van der Waals surface area contributed by atoms with E-state index in [9.17, 15) is 17.6 Å². The molecule has 0 unspecified atom stereocenters. The summed E-state index contributed by atoms with van der Waals surface area (Å²) in [7, 11) is 0. The highest BCUT2D eigenvalue weighted by Gasteiger charge is 2.34. The number of rotatable bonds is 2. The lowest BCUT2D eigenvalue weighted by Gasteiger charge is -2.07. The highest BCUT2D eigenvalue weighted by atomic mass is 19.4. The molecule has 102 valence electrons. The Bertz CT molecular complexity index is 602. The monoisotopic (exact) mass is 273 g/mol. The SMILES string of the molecule is Cc1cc(C(F)(F)F)nn1-c1ccc(CN)c(F)c1. The number of halogens is 4. The molecule has 0 amide bonds. The van der Waals surface area contributed by atoms with Crippen molar-refractivity contribution in [3.8, 4) is 5.69 Å². The summed E-state index contributed by atoms with van der Waals surface area (Å²) in [5, 5.41) is 3.44. The lowest BCUT2D eigenvalue weighted by molar-refractivity contribution is -0.141. The van der Waals surface area contributed by atoms with Crippen LogP contribution < -0.4 is 5.73 Å². The quantitative estimate of drug-likeness (QED) is 0.855. The summed E-state index contributed by atoms with van der Waals surface area (Å²) in [6, 6.07) is 4.93. The summed E-state index contributed by atoms with van der Waals surface area (Å²) >= 11 is 0. The third-order valence-electron chi connectivity index (χ3n) is 2.68. The van der Waals surface area contributed by atoms with E-state index in [0.717, 1.165) is 16.8 Å². The fourth-order valence-corrected chi connectivity index (χ4v) is 1.71. The Morgan fingerprint density at radius 2 is 1.95 bits per heavy atom. The van der Waals surface area contributed by atoms with E-state index in [0.29, 0.717) is 5.56 Å². The molecular formula is C12H11F4N3. The molecule has 0 spiro atoms. The topological polar surface area (TPSA) is 43.8 Å². The first kappa shape index (κ1) is 13.5. The van der Waals surface area contributed by atoms with Crippen molar-refractivity contribution in [3.63, 3.8) is 0 Å². The molecule has 0 aliphatic heterocycles. The van der Waals surface area contributed by atoms with Crippen molar-refractivity contribution in [1.29, 1.82) is 0 Å². The minimum absolute atomic E-state index is 0.0258. The highest BCUT2D eigenvalue weighted by molar-refractivity contribution is 5.37. The van der Waals surface area contributed by atoms with Gasteiger partial charge >= 0.3 is 6.18 Å². The van der Waals surface area contributed by atoms with Crippen molar-refractivity contribution in [2.24, 2.45) is 5.73 Å². The van der Waals surface area contributed by atoms with E-state index in [1.807, 2.05) is 0 Å². The van der Waals surface area contributed by atoms with Gasteiger partial charge in [0.25, 0.3) is 0 Å². The Labute approximate surface area is 106 Å². The molecule has 0 saturated heterocycles. The number of aromatic nitrogens is 2. The van der Waals surface area contributed by atoms with Crippen LogP contribution in [0.25, 0.3) is 5.69 Å². The average Bonchev–Trinajstić information content (AvgIpc) is 2.71. The zero-order valence-corrected chi connectivity index (χ0v) is 10.0. The van der Waals surface area contributed by atoms with Crippen LogP contribution in [0.15, 0.2) is 24.3 Å². The maximum absolute atomic E-state index is 13.6. The largest absolute Gasteiger partial charge is 0.435 e. The van der Waals surface area contributed by atoms with Crippen molar-refractivity contribution < 1.29 is 17.6 Å². The lowest BCUT2D eigenvalue weighted by Crippen LogP contribution is -2.08. The Kier molecular flexibility index (Phi) is 3.32. The summed E-state index contributed by atoms with van der Waals surface area (Å²) in [6.07, 6.45) is -4.52. The Morgan fingerprint density at radius 1 is 1.26 bits per heavy atom. The third kappa shape index (κ3) is 2.60. The standard InChI is InChI=1S/C12H11F4N3/c1-7-4-11(12(14,15)16)18-19(7)9-3-2-8(6-17)10(13)5-9/h2-5H,6,17H2,1H3. The highest BCUT2D eigenvalue weighted by Crippen LogP contribution is 2.29. The molecule has 2 aromatic rings.